The third-order valence-electron chi connectivity index (χ3n) is 2.58. The number of unbranched alkanes of at least 4 members (excludes halogenated alkanes) is 1. The van der Waals surface area contributed by atoms with Crippen LogP contribution in [0.15, 0.2) is 11.9 Å². The number of allylic oxidation sites excluding steroid dienone is 1. The molecule has 0 aromatic heterocycles. The van der Waals surface area contributed by atoms with Crippen molar-refractivity contribution in [3.05, 3.63) is 11.9 Å². The third-order valence-corrected chi connectivity index (χ3v) is 2.58. The fraction of sp³-hybridized carbons (Fsp3) is 0.769. The largest absolute Gasteiger partial charge is 0.461 e. The second kappa shape index (κ2) is 9.05. The maximum Gasteiger partial charge on any atom is 0.366 e. The van der Waals surface area contributed by atoms with Crippen molar-refractivity contribution in [3.63, 3.8) is 0 Å². The van der Waals surface area contributed by atoms with Crippen molar-refractivity contribution in [2.45, 2.75) is 45.3 Å². The van der Waals surface area contributed by atoms with Gasteiger partial charge in [0.25, 0.3) is 0 Å². The number of carbonyl (C=O) groups excluding carboxylic acids is 1. The van der Waals surface area contributed by atoms with E-state index < -0.39 is 11.8 Å². The van der Waals surface area contributed by atoms with Gasteiger partial charge in [0.05, 0.1) is 13.2 Å². The van der Waals surface area contributed by atoms with Crippen LogP contribution < -0.4 is 0 Å². The fourth-order valence-corrected chi connectivity index (χ4v) is 1.65. The van der Waals surface area contributed by atoms with Crippen molar-refractivity contribution in [1.29, 1.82) is 0 Å². The summed E-state index contributed by atoms with van der Waals surface area (Å²) in [6, 6.07) is 0. The molecule has 0 aromatic carbocycles. The summed E-state index contributed by atoms with van der Waals surface area (Å²) in [5, 5.41) is 0. The Morgan fingerprint density at radius 3 is 3.00 bits per heavy atom. The minimum atomic E-state index is -0.894. The molecule has 1 saturated heterocycles. The number of ether oxygens (including phenoxy) is 3. The molecule has 0 N–H and O–H groups in total. The van der Waals surface area contributed by atoms with Crippen LogP contribution in [0.5, 0.6) is 0 Å². The fourth-order valence-electron chi connectivity index (χ4n) is 1.65. The van der Waals surface area contributed by atoms with Crippen LogP contribution in [0.2, 0.25) is 0 Å². The molecule has 0 aliphatic carbocycles. The molecule has 1 atom stereocenters. The Balaban J connectivity index is 2.06. The van der Waals surface area contributed by atoms with E-state index >= 15 is 0 Å². The van der Waals surface area contributed by atoms with E-state index in [1.807, 2.05) is 0 Å². The highest BCUT2D eigenvalue weighted by Crippen LogP contribution is 2.14. The molecule has 1 rings (SSSR count). The van der Waals surface area contributed by atoms with Crippen LogP contribution in [0.25, 0.3) is 0 Å². The number of esters is 1. The van der Waals surface area contributed by atoms with E-state index in [1.54, 1.807) is 6.92 Å². The van der Waals surface area contributed by atoms with Crippen molar-refractivity contribution in [2.75, 3.05) is 19.8 Å². The molecule has 0 unspecified atom stereocenters. The van der Waals surface area contributed by atoms with Gasteiger partial charge >= 0.3 is 5.97 Å². The van der Waals surface area contributed by atoms with Gasteiger partial charge in [0.15, 0.2) is 6.29 Å². The molecule has 104 valence electrons. The van der Waals surface area contributed by atoms with Crippen LogP contribution in [0.3, 0.4) is 0 Å². The molecular formula is C13H21FO4. The minimum Gasteiger partial charge on any atom is -0.461 e. The minimum absolute atomic E-state index is 0.113. The zero-order valence-electron chi connectivity index (χ0n) is 10.8. The highest BCUT2D eigenvalue weighted by atomic mass is 19.1. The molecule has 4 nitrogen and oxygen atoms in total. The normalized spacial score (nSPS) is 20.8. The lowest BCUT2D eigenvalue weighted by Crippen LogP contribution is -2.22. The summed E-state index contributed by atoms with van der Waals surface area (Å²) < 4.78 is 28.5. The Morgan fingerprint density at radius 2 is 2.33 bits per heavy atom. The van der Waals surface area contributed by atoms with Gasteiger partial charge in [0.1, 0.15) is 0 Å². The third kappa shape index (κ3) is 6.12. The van der Waals surface area contributed by atoms with Crippen LogP contribution in [-0.2, 0) is 19.0 Å². The average molecular weight is 260 g/mol. The highest BCUT2D eigenvalue weighted by Gasteiger charge is 2.13. The molecular weight excluding hydrogens is 239 g/mol. The average Bonchev–Trinajstić information content (AvgIpc) is 2.39. The summed E-state index contributed by atoms with van der Waals surface area (Å²) in [7, 11) is 0. The van der Waals surface area contributed by atoms with Gasteiger partial charge < -0.3 is 14.2 Å². The Morgan fingerprint density at radius 1 is 1.50 bits per heavy atom. The first kappa shape index (κ1) is 15.1. The van der Waals surface area contributed by atoms with E-state index in [0.717, 1.165) is 25.9 Å². The van der Waals surface area contributed by atoms with E-state index in [1.165, 1.54) is 6.08 Å². The predicted octanol–water partition coefficient (Wildman–Crippen LogP) is 2.73. The summed E-state index contributed by atoms with van der Waals surface area (Å²) in [6.45, 7) is 3.09. The van der Waals surface area contributed by atoms with Gasteiger partial charge in [-0.1, -0.05) is 0 Å². The van der Waals surface area contributed by atoms with Gasteiger partial charge in [-0.25, -0.2) is 4.79 Å². The smallest absolute Gasteiger partial charge is 0.366 e. The summed E-state index contributed by atoms with van der Waals surface area (Å²) in [4.78, 5) is 10.9. The van der Waals surface area contributed by atoms with Gasteiger partial charge in [-0.3, -0.25) is 0 Å². The summed E-state index contributed by atoms with van der Waals surface area (Å²) in [6.07, 6.45) is 5.38. The first-order valence-corrected chi connectivity index (χ1v) is 6.50. The van der Waals surface area contributed by atoms with Crippen LogP contribution >= 0.6 is 0 Å². The lowest BCUT2D eigenvalue weighted by Gasteiger charge is -2.22. The first-order valence-electron chi connectivity index (χ1n) is 6.50. The van der Waals surface area contributed by atoms with Gasteiger partial charge in [0, 0.05) is 6.61 Å². The van der Waals surface area contributed by atoms with Crippen molar-refractivity contribution < 1.29 is 23.4 Å². The maximum atomic E-state index is 13.1. The van der Waals surface area contributed by atoms with Gasteiger partial charge in [-0.05, 0) is 45.1 Å². The quantitative estimate of drug-likeness (QED) is 0.401. The van der Waals surface area contributed by atoms with E-state index in [9.17, 15) is 9.18 Å². The summed E-state index contributed by atoms with van der Waals surface area (Å²) >= 11 is 0. The number of carbonyl (C=O) groups is 1. The second-order valence-corrected chi connectivity index (χ2v) is 4.08. The number of rotatable bonds is 7. The highest BCUT2D eigenvalue weighted by molar-refractivity contribution is 5.85. The Bertz CT molecular complexity index is 272. The van der Waals surface area contributed by atoms with Crippen LogP contribution in [-0.4, -0.2) is 32.1 Å². The lowest BCUT2D eigenvalue weighted by molar-refractivity contribution is -0.162. The van der Waals surface area contributed by atoms with Gasteiger partial charge in [0.2, 0.25) is 5.83 Å². The monoisotopic (exact) mass is 260 g/mol. The molecule has 0 bridgehead atoms. The van der Waals surface area contributed by atoms with Gasteiger partial charge in [-0.15, -0.1) is 0 Å². The molecule has 0 amide bonds. The summed E-state index contributed by atoms with van der Waals surface area (Å²) in [5.74, 6) is -1.72. The molecule has 18 heavy (non-hydrogen) atoms. The van der Waals surface area contributed by atoms with E-state index in [0.29, 0.717) is 19.4 Å². The summed E-state index contributed by atoms with van der Waals surface area (Å²) in [5.41, 5.74) is 0. The van der Waals surface area contributed by atoms with Crippen LogP contribution in [0, 0.1) is 0 Å². The predicted molar refractivity (Wildman–Crippen MR) is 64.6 cm³/mol. The molecule has 1 aliphatic heterocycles. The van der Waals surface area contributed by atoms with Gasteiger partial charge in [-0.2, -0.15) is 4.39 Å². The lowest BCUT2D eigenvalue weighted by atomic mass is 10.2. The second-order valence-electron chi connectivity index (χ2n) is 4.08. The zero-order chi connectivity index (χ0) is 13.2. The molecule has 0 radical (unpaired) electrons. The number of hydrogen-bond donors (Lipinski definition) is 0. The van der Waals surface area contributed by atoms with Crippen molar-refractivity contribution in [3.8, 4) is 0 Å². The van der Waals surface area contributed by atoms with Crippen molar-refractivity contribution >= 4 is 5.97 Å². The van der Waals surface area contributed by atoms with Crippen LogP contribution in [0.4, 0.5) is 4.39 Å². The molecule has 0 saturated carbocycles. The molecule has 1 aliphatic rings. The van der Waals surface area contributed by atoms with E-state index in [4.69, 9.17) is 9.47 Å². The maximum absolute atomic E-state index is 13.1. The Labute approximate surface area is 107 Å². The standard InChI is InChI=1S/C13H21FO4/c1-2-16-13(15)11(14)7-3-5-9-17-12-8-4-6-10-18-12/h7,12H,2-6,8-10H2,1H3/b11-7-/t12-/m1/s1. The molecule has 5 heteroatoms. The van der Waals surface area contributed by atoms with Crippen molar-refractivity contribution in [1.82, 2.24) is 0 Å². The topological polar surface area (TPSA) is 44.8 Å². The SMILES string of the molecule is CCOC(=O)/C(F)=C/CCCO[C@H]1CCCCO1. The van der Waals surface area contributed by atoms with Crippen LogP contribution in [0.1, 0.15) is 39.0 Å². The molecule has 1 heterocycles. The number of halogens is 1. The van der Waals surface area contributed by atoms with E-state index in [-0.39, 0.29) is 12.9 Å². The zero-order valence-corrected chi connectivity index (χ0v) is 10.8. The van der Waals surface area contributed by atoms with Crippen molar-refractivity contribution in [2.24, 2.45) is 0 Å². The molecule has 0 spiro atoms. The number of hydrogen-bond acceptors (Lipinski definition) is 4. The first-order chi connectivity index (χ1) is 8.74. The molecule has 1 fully saturated rings. The Hall–Kier alpha value is -0.940. The van der Waals surface area contributed by atoms with E-state index in [2.05, 4.69) is 4.74 Å². The molecule has 0 aromatic rings. The Kier molecular flexibility index (Phi) is 7.60.